The third kappa shape index (κ3) is 3.75. The maximum atomic E-state index is 10.7. The number of methoxy groups -OCH3 is 2. The average molecular weight is 263 g/mol. The van der Waals surface area contributed by atoms with Crippen molar-refractivity contribution >= 4 is 25.8 Å². The molecule has 6 heteroatoms. The van der Waals surface area contributed by atoms with Crippen molar-refractivity contribution in [3.63, 3.8) is 0 Å². The summed E-state index contributed by atoms with van der Waals surface area (Å²) in [6.45, 7) is 0. The summed E-state index contributed by atoms with van der Waals surface area (Å²) < 4.78 is 31.5. The Morgan fingerprint density at radius 2 is 1.81 bits per heavy atom. The van der Waals surface area contributed by atoms with Crippen LogP contribution in [0.15, 0.2) is 23.6 Å². The first-order chi connectivity index (χ1) is 7.46. The second-order valence-electron chi connectivity index (χ2n) is 2.89. The second kappa shape index (κ2) is 5.23. The molecule has 0 radical (unpaired) electrons. The number of hydrogen-bond acceptors (Lipinski definition) is 4. The van der Waals surface area contributed by atoms with Crippen LogP contribution in [0.25, 0.3) is 6.08 Å². The molecule has 0 fully saturated rings. The zero-order valence-electron chi connectivity index (χ0n) is 8.81. The molecule has 88 valence electrons. The van der Waals surface area contributed by atoms with Crippen molar-refractivity contribution in [2.75, 3.05) is 14.2 Å². The molecule has 1 aromatic carbocycles. The Bertz CT molecular complexity index is 494. The van der Waals surface area contributed by atoms with Crippen LogP contribution in [0, 0.1) is 0 Å². The lowest BCUT2D eigenvalue weighted by Gasteiger charge is -2.07. The highest BCUT2D eigenvalue weighted by molar-refractivity contribution is 8.16. The largest absolute Gasteiger partial charge is 0.493 e. The predicted molar refractivity (Wildman–Crippen MR) is 63.4 cm³/mol. The van der Waals surface area contributed by atoms with Crippen LogP contribution in [0.3, 0.4) is 0 Å². The van der Waals surface area contributed by atoms with Crippen molar-refractivity contribution in [1.29, 1.82) is 0 Å². The third-order valence-corrected chi connectivity index (χ3v) is 2.60. The van der Waals surface area contributed by atoms with Crippen LogP contribution < -0.4 is 9.47 Å². The van der Waals surface area contributed by atoms with Crippen molar-refractivity contribution in [3.8, 4) is 11.5 Å². The van der Waals surface area contributed by atoms with Gasteiger partial charge in [0.05, 0.1) is 14.2 Å². The SMILES string of the molecule is COc1ccc(C=CS(=O)(=O)Cl)cc1OC. The molecule has 4 nitrogen and oxygen atoms in total. The standard InChI is InChI=1S/C10H11ClO4S/c1-14-9-4-3-8(7-10(9)15-2)5-6-16(11,12)13/h3-7H,1-2H3. The average Bonchev–Trinajstić information content (AvgIpc) is 2.25. The minimum Gasteiger partial charge on any atom is -0.493 e. The van der Waals surface area contributed by atoms with Gasteiger partial charge in [0, 0.05) is 16.1 Å². The Hall–Kier alpha value is -1.20. The predicted octanol–water partition coefficient (Wildman–Crippen LogP) is 2.24. The van der Waals surface area contributed by atoms with Crippen molar-refractivity contribution in [2.45, 2.75) is 0 Å². The van der Waals surface area contributed by atoms with Crippen molar-refractivity contribution in [2.24, 2.45) is 0 Å². The van der Waals surface area contributed by atoms with E-state index in [0.717, 1.165) is 5.41 Å². The number of halogens is 1. The molecule has 0 spiro atoms. The summed E-state index contributed by atoms with van der Waals surface area (Å²) in [5.41, 5.74) is 0.655. The molecule has 0 aliphatic heterocycles. The van der Waals surface area contributed by atoms with Crippen LogP contribution >= 0.6 is 10.7 Å². The highest BCUT2D eigenvalue weighted by Gasteiger charge is 2.03. The summed E-state index contributed by atoms with van der Waals surface area (Å²) in [5, 5.41) is 0.913. The van der Waals surface area contributed by atoms with E-state index in [1.807, 2.05) is 0 Å². The summed E-state index contributed by atoms with van der Waals surface area (Å²) in [4.78, 5) is 0. The molecule has 0 aliphatic carbocycles. The topological polar surface area (TPSA) is 52.6 Å². The molecule has 0 bridgehead atoms. The molecule has 0 saturated heterocycles. The summed E-state index contributed by atoms with van der Waals surface area (Å²) in [5.74, 6) is 1.10. The van der Waals surface area contributed by atoms with Crippen LogP contribution in [0.4, 0.5) is 0 Å². The molecule has 16 heavy (non-hydrogen) atoms. The monoisotopic (exact) mass is 262 g/mol. The van der Waals surface area contributed by atoms with E-state index in [9.17, 15) is 8.42 Å². The van der Waals surface area contributed by atoms with Gasteiger partial charge in [0.15, 0.2) is 11.5 Å². The van der Waals surface area contributed by atoms with Crippen molar-refractivity contribution in [1.82, 2.24) is 0 Å². The highest BCUT2D eigenvalue weighted by atomic mass is 35.7. The normalized spacial score (nSPS) is 11.7. The smallest absolute Gasteiger partial charge is 0.254 e. The molecule has 0 amide bonds. The van der Waals surface area contributed by atoms with Gasteiger partial charge in [-0.3, -0.25) is 0 Å². The van der Waals surface area contributed by atoms with Gasteiger partial charge in [-0.1, -0.05) is 6.07 Å². The lowest BCUT2D eigenvalue weighted by atomic mass is 10.2. The quantitative estimate of drug-likeness (QED) is 0.781. The van der Waals surface area contributed by atoms with E-state index in [1.165, 1.54) is 20.3 Å². The van der Waals surface area contributed by atoms with E-state index < -0.39 is 9.05 Å². The lowest BCUT2D eigenvalue weighted by Crippen LogP contribution is -1.90. The molecular formula is C10H11ClO4S. The summed E-state index contributed by atoms with van der Waals surface area (Å²) in [6, 6.07) is 5.02. The van der Waals surface area contributed by atoms with E-state index in [4.69, 9.17) is 20.2 Å². The first kappa shape index (κ1) is 12.9. The molecule has 0 N–H and O–H groups in total. The van der Waals surface area contributed by atoms with Crippen LogP contribution in [-0.2, 0) is 9.05 Å². The lowest BCUT2D eigenvalue weighted by molar-refractivity contribution is 0.355. The van der Waals surface area contributed by atoms with Gasteiger partial charge in [-0.2, -0.15) is 0 Å². The first-order valence-electron chi connectivity index (χ1n) is 4.31. The van der Waals surface area contributed by atoms with Gasteiger partial charge in [0.25, 0.3) is 9.05 Å². The number of rotatable bonds is 4. The summed E-state index contributed by atoms with van der Waals surface area (Å²) >= 11 is 0. The molecule has 0 heterocycles. The fraction of sp³-hybridized carbons (Fsp3) is 0.200. The maximum Gasteiger partial charge on any atom is 0.254 e. The highest BCUT2D eigenvalue weighted by Crippen LogP contribution is 2.28. The zero-order valence-corrected chi connectivity index (χ0v) is 10.4. The molecule has 1 aromatic rings. The fourth-order valence-corrected chi connectivity index (χ4v) is 1.59. The zero-order chi connectivity index (χ0) is 12.2. The molecule has 1 rings (SSSR count). The third-order valence-electron chi connectivity index (χ3n) is 1.83. The van der Waals surface area contributed by atoms with Gasteiger partial charge in [-0.25, -0.2) is 8.42 Å². The van der Waals surface area contributed by atoms with Crippen LogP contribution in [0.5, 0.6) is 11.5 Å². The maximum absolute atomic E-state index is 10.7. The first-order valence-corrected chi connectivity index (χ1v) is 6.68. The van der Waals surface area contributed by atoms with Crippen LogP contribution in [0.2, 0.25) is 0 Å². The molecule has 0 unspecified atom stereocenters. The van der Waals surface area contributed by atoms with Gasteiger partial charge in [0.2, 0.25) is 0 Å². The van der Waals surface area contributed by atoms with Gasteiger partial charge in [0.1, 0.15) is 0 Å². The van der Waals surface area contributed by atoms with E-state index in [1.54, 1.807) is 18.2 Å². The van der Waals surface area contributed by atoms with Gasteiger partial charge in [-0.15, -0.1) is 0 Å². The molecule has 0 aromatic heterocycles. The van der Waals surface area contributed by atoms with E-state index in [-0.39, 0.29) is 0 Å². The Balaban J connectivity index is 3.05. The van der Waals surface area contributed by atoms with Gasteiger partial charge in [-0.05, 0) is 23.8 Å². The van der Waals surface area contributed by atoms with Gasteiger partial charge < -0.3 is 9.47 Å². The molecule has 0 saturated carbocycles. The van der Waals surface area contributed by atoms with Crippen LogP contribution in [-0.4, -0.2) is 22.6 Å². The fourth-order valence-electron chi connectivity index (χ4n) is 1.12. The number of hydrogen-bond donors (Lipinski definition) is 0. The minimum absolute atomic E-state index is 0.525. The van der Waals surface area contributed by atoms with Crippen molar-refractivity contribution < 1.29 is 17.9 Å². The van der Waals surface area contributed by atoms with E-state index >= 15 is 0 Å². The second-order valence-corrected chi connectivity index (χ2v) is 5.41. The summed E-state index contributed by atoms with van der Waals surface area (Å²) in [7, 11) is 4.43. The van der Waals surface area contributed by atoms with Gasteiger partial charge >= 0.3 is 0 Å². The van der Waals surface area contributed by atoms with E-state index in [0.29, 0.717) is 17.1 Å². The Morgan fingerprint density at radius 3 is 2.31 bits per heavy atom. The molecule has 0 aliphatic rings. The number of benzene rings is 1. The Morgan fingerprint density at radius 1 is 1.19 bits per heavy atom. The van der Waals surface area contributed by atoms with Crippen molar-refractivity contribution in [3.05, 3.63) is 29.2 Å². The van der Waals surface area contributed by atoms with Crippen LogP contribution in [0.1, 0.15) is 5.56 Å². The Kier molecular flexibility index (Phi) is 4.20. The number of ether oxygens (including phenoxy) is 2. The Labute approximate surface area is 98.9 Å². The molecular weight excluding hydrogens is 252 g/mol. The minimum atomic E-state index is -3.64. The molecule has 0 atom stereocenters. The van der Waals surface area contributed by atoms with E-state index in [2.05, 4.69) is 0 Å². The summed E-state index contributed by atoms with van der Waals surface area (Å²) in [6.07, 6.45) is 1.38.